The molecule has 0 spiro atoms. The van der Waals surface area contributed by atoms with Crippen LogP contribution in [-0.4, -0.2) is 13.3 Å². The topological polar surface area (TPSA) is 22.1 Å². The highest BCUT2D eigenvalue weighted by Crippen LogP contribution is 2.40. The number of hydrogen-bond donors (Lipinski definition) is 0. The number of thiazole rings is 1. The molecule has 0 aliphatic heterocycles. The summed E-state index contributed by atoms with van der Waals surface area (Å²) < 4.78 is 59.3. The molecule has 0 radical (unpaired) electrons. The van der Waals surface area contributed by atoms with Gasteiger partial charge in [0.15, 0.2) is 0 Å². The van der Waals surface area contributed by atoms with E-state index in [-0.39, 0.29) is 10.6 Å². The third-order valence-electron chi connectivity index (χ3n) is 6.11. The largest absolute Gasteiger partial charge is 0.543 e. The number of halogens is 4. The molecule has 0 bridgehead atoms. The summed E-state index contributed by atoms with van der Waals surface area (Å²) >= 11 is 2.94. The summed E-state index contributed by atoms with van der Waals surface area (Å²) in [5.41, 5.74) is 0.902. The number of benzene rings is 2. The first-order valence-electron chi connectivity index (χ1n) is 10.8. The van der Waals surface area contributed by atoms with Crippen molar-refractivity contribution >= 4 is 31.4 Å². The minimum Gasteiger partial charge on any atom is -0.543 e. The SMILES string of the molecule is Cc1cc(SCc2sc(-c3ccc(C(F)(F)F)cc3F)nc2C)ccc1O[Si](C)(C)C(C)(C)C. The lowest BCUT2D eigenvalue weighted by atomic mass is 10.1. The second kappa shape index (κ2) is 9.66. The van der Waals surface area contributed by atoms with Gasteiger partial charge in [-0.25, -0.2) is 9.37 Å². The summed E-state index contributed by atoms with van der Waals surface area (Å²) in [7, 11) is -1.93. The van der Waals surface area contributed by atoms with Crippen molar-refractivity contribution in [2.45, 2.75) is 69.6 Å². The predicted molar refractivity (Wildman–Crippen MR) is 136 cm³/mol. The Morgan fingerprint density at radius 1 is 1.03 bits per heavy atom. The highest BCUT2D eigenvalue weighted by atomic mass is 32.2. The number of aromatic nitrogens is 1. The van der Waals surface area contributed by atoms with Crippen molar-refractivity contribution in [2.75, 3.05) is 0 Å². The first kappa shape index (κ1) is 26.8. The van der Waals surface area contributed by atoms with Crippen molar-refractivity contribution in [3.63, 3.8) is 0 Å². The van der Waals surface area contributed by atoms with Gasteiger partial charge in [0.1, 0.15) is 16.6 Å². The van der Waals surface area contributed by atoms with Crippen molar-refractivity contribution in [1.29, 1.82) is 0 Å². The molecule has 1 heterocycles. The quantitative estimate of drug-likeness (QED) is 0.181. The monoisotopic (exact) mass is 527 g/mol. The first-order chi connectivity index (χ1) is 15.6. The lowest BCUT2D eigenvalue weighted by Crippen LogP contribution is -2.44. The molecule has 0 fully saturated rings. The van der Waals surface area contributed by atoms with Gasteiger partial charge in [0, 0.05) is 21.1 Å². The van der Waals surface area contributed by atoms with Gasteiger partial charge in [-0.2, -0.15) is 13.2 Å². The molecule has 0 N–H and O–H groups in total. The number of nitrogens with zero attached hydrogens (tertiary/aromatic N) is 1. The van der Waals surface area contributed by atoms with Crippen molar-refractivity contribution in [2.24, 2.45) is 0 Å². The fourth-order valence-electron chi connectivity index (χ4n) is 2.95. The highest BCUT2D eigenvalue weighted by Gasteiger charge is 2.39. The average molecular weight is 528 g/mol. The molecule has 2 aromatic carbocycles. The van der Waals surface area contributed by atoms with Crippen LogP contribution in [-0.2, 0) is 11.9 Å². The lowest BCUT2D eigenvalue weighted by molar-refractivity contribution is -0.137. The molecular weight excluding hydrogens is 498 g/mol. The molecule has 0 atom stereocenters. The van der Waals surface area contributed by atoms with Crippen LogP contribution < -0.4 is 4.43 Å². The second-order valence-corrected chi connectivity index (χ2v) is 16.7. The maximum atomic E-state index is 14.4. The van der Waals surface area contributed by atoms with Gasteiger partial charge in [0.05, 0.1) is 11.3 Å². The van der Waals surface area contributed by atoms with Crippen LogP contribution in [0.2, 0.25) is 18.1 Å². The molecule has 0 saturated heterocycles. The van der Waals surface area contributed by atoms with Crippen LogP contribution in [0, 0.1) is 19.7 Å². The van der Waals surface area contributed by atoms with Crippen molar-refractivity contribution in [3.8, 4) is 16.3 Å². The van der Waals surface area contributed by atoms with Crippen LogP contribution in [0.3, 0.4) is 0 Å². The Bertz CT molecular complexity index is 1180. The summed E-state index contributed by atoms with van der Waals surface area (Å²) in [5, 5.41) is 0.495. The van der Waals surface area contributed by atoms with Crippen LogP contribution in [0.1, 0.15) is 42.5 Å². The molecule has 0 unspecified atom stereocenters. The minimum atomic E-state index is -4.58. The third-order valence-corrected chi connectivity index (χ3v) is 12.8. The summed E-state index contributed by atoms with van der Waals surface area (Å²) in [6.45, 7) is 14.9. The summed E-state index contributed by atoms with van der Waals surface area (Å²) in [6, 6.07) is 8.71. The van der Waals surface area contributed by atoms with Gasteiger partial charge in [-0.15, -0.1) is 23.1 Å². The summed E-state index contributed by atoms with van der Waals surface area (Å²) in [6.07, 6.45) is -4.58. The molecule has 2 nitrogen and oxygen atoms in total. The molecule has 9 heteroatoms. The number of thioether (sulfide) groups is 1. The predicted octanol–water partition coefficient (Wildman–Crippen LogP) is 9.26. The number of aryl methyl sites for hydroxylation is 2. The summed E-state index contributed by atoms with van der Waals surface area (Å²) in [5.74, 6) is 0.619. The Hall–Kier alpha value is -1.84. The molecular formula is C25H29F4NOS2Si. The highest BCUT2D eigenvalue weighted by molar-refractivity contribution is 7.98. The molecule has 0 aliphatic rings. The van der Waals surface area contributed by atoms with E-state index in [0.29, 0.717) is 16.8 Å². The van der Waals surface area contributed by atoms with Crippen LogP contribution in [0.15, 0.2) is 41.3 Å². The standard InChI is InChI=1S/C25H29F4NOS2Si/c1-15-12-18(9-11-21(15)31-34(6,7)24(3,4)5)32-14-22-16(2)30-23(33-22)19-10-8-17(13-20(19)26)25(27,28)29/h8-13H,14H2,1-7H3. The molecule has 3 aromatic rings. The Balaban J connectivity index is 1.73. The van der Waals surface area contributed by atoms with E-state index in [1.165, 1.54) is 11.3 Å². The van der Waals surface area contributed by atoms with Gasteiger partial charge in [-0.1, -0.05) is 20.8 Å². The fraction of sp³-hybridized carbons (Fsp3) is 0.400. The van der Waals surface area contributed by atoms with E-state index < -0.39 is 25.9 Å². The zero-order valence-corrected chi connectivity index (χ0v) is 23.0. The minimum absolute atomic E-state index is 0.0836. The lowest BCUT2D eigenvalue weighted by Gasteiger charge is -2.37. The Labute approximate surface area is 207 Å². The van der Waals surface area contributed by atoms with E-state index in [9.17, 15) is 17.6 Å². The smallest absolute Gasteiger partial charge is 0.416 e. The van der Waals surface area contributed by atoms with Gasteiger partial charge < -0.3 is 4.43 Å². The van der Waals surface area contributed by atoms with Crippen molar-refractivity contribution in [1.82, 2.24) is 4.98 Å². The molecule has 3 rings (SSSR count). The molecule has 0 amide bonds. The zero-order chi connectivity index (χ0) is 25.5. The molecule has 0 saturated carbocycles. The van der Waals surface area contributed by atoms with Crippen LogP contribution in [0.25, 0.3) is 10.6 Å². The van der Waals surface area contributed by atoms with E-state index in [4.69, 9.17) is 4.43 Å². The van der Waals surface area contributed by atoms with Crippen molar-refractivity contribution < 1.29 is 22.0 Å². The van der Waals surface area contributed by atoms with Gasteiger partial charge in [-0.3, -0.25) is 0 Å². The van der Waals surface area contributed by atoms with Gasteiger partial charge in [0.2, 0.25) is 8.32 Å². The second-order valence-electron chi connectivity index (χ2n) is 9.80. The van der Waals surface area contributed by atoms with E-state index in [1.807, 2.05) is 26.0 Å². The van der Waals surface area contributed by atoms with E-state index in [1.54, 1.807) is 11.8 Å². The van der Waals surface area contributed by atoms with E-state index in [0.717, 1.165) is 38.9 Å². The van der Waals surface area contributed by atoms with Crippen LogP contribution in [0.5, 0.6) is 5.75 Å². The number of hydrogen-bond acceptors (Lipinski definition) is 4. The molecule has 1 aromatic heterocycles. The Morgan fingerprint density at radius 2 is 1.71 bits per heavy atom. The van der Waals surface area contributed by atoms with Crippen LogP contribution >= 0.6 is 23.1 Å². The summed E-state index contributed by atoms with van der Waals surface area (Å²) in [4.78, 5) is 6.45. The van der Waals surface area contributed by atoms with Gasteiger partial charge in [0.25, 0.3) is 0 Å². The Morgan fingerprint density at radius 3 is 2.26 bits per heavy atom. The third kappa shape index (κ3) is 6.04. The molecule has 184 valence electrons. The normalized spacial score (nSPS) is 12.8. The van der Waals surface area contributed by atoms with Gasteiger partial charge >= 0.3 is 6.18 Å². The molecule has 0 aliphatic carbocycles. The first-order valence-corrected chi connectivity index (χ1v) is 15.6. The number of rotatable bonds is 6. The van der Waals surface area contributed by atoms with Crippen LogP contribution in [0.4, 0.5) is 17.6 Å². The van der Waals surface area contributed by atoms with Crippen molar-refractivity contribution in [3.05, 3.63) is 63.9 Å². The zero-order valence-electron chi connectivity index (χ0n) is 20.4. The number of alkyl halides is 3. The van der Waals surface area contributed by atoms with E-state index >= 15 is 0 Å². The maximum absolute atomic E-state index is 14.4. The molecule has 34 heavy (non-hydrogen) atoms. The Kier molecular flexibility index (Phi) is 7.60. The van der Waals surface area contributed by atoms with E-state index in [2.05, 4.69) is 44.9 Å². The maximum Gasteiger partial charge on any atom is 0.416 e. The average Bonchev–Trinajstić information content (AvgIpc) is 3.06. The van der Waals surface area contributed by atoms with Gasteiger partial charge in [-0.05, 0) is 73.9 Å². The fourth-order valence-corrected chi connectivity index (χ4v) is 6.26.